The third-order valence-electron chi connectivity index (χ3n) is 4.71. The summed E-state index contributed by atoms with van der Waals surface area (Å²) in [6.45, 7) is 7.07. The lowest BCUT2D eigenvalue weighted by atomic mass is 10.1. The van der Waals surface area contributed by atoms with Gasteiger partial charge in [-0.25, -0.2) is 0 Å². The molecule has 0 aliphatic heterocycles. The summed E-state index contributed by atoms with van der Waals surface area (Å²) in [5.74, 6) is 1.18. The van der Waals surface area contributed by atoms with Gasteiger partial charge in [0.1, 0.15) is 6.04 Å². The van der Waals surface area contributed by atoms with E-state index < -0.39 is 6.04 Å². The van der Waals surface area contributed by atoms with E-state index in [0.717, 1.165) is 11.1 Å². The van der Waals surface area contributed by atoms with Crippen LogP contribution in [0.5, 0.6) is 0 Å². The van der Waals surface area contributed by atoms with Gasteiger partial charge in [-0.05, 0) is 29.5 Å². The van der Waals surface area contributed by atoms with Gasteiger partial charge in [-0.2, -0.15) is 0 Å². The van der Waals surface area contributed by atoms with Gasteiger partial charge in [-0.15, -0.1) is 11.8 Å². The van der Waals surface area contributed by atoms with Crippen molar-refractivity contribution in [1.29, 1.82) is 0 Å². The number of hydrogen-bond acceptors (Lipinski definition) is 3. The Balaban J connectivity index is 2.09. The highest BCUT2D eigenvalue weighted by Gasteiger charge is 2.28. The molecule has 0 unspecified atom stereocenters. The van der Waals surface area contributed by atoms with Gasteiger partial charge in [0.25, 0.3) is 0 Å². The summed E-state index contributed by atoms with van der Waals surface area (Å²) in [5.41, 5.74) is 2.02. The number of amides is 2. The highest BCUT2D eigenvalue weighted by Crippen LogP contribution is 2.22. The summed E-state index contributed by atoms with van der Waals surface area (Å²) in [6.07, 6.45) is 0.567. The summed E-state index contributed by atoms with van der Waals surface area (Å²) in [6, 6.07) is 17.0. The van der Waals surface area contributed by atoms with Crippen LogP contribution in [0.25, 0.3) is 0 Å². The van der Waals surface area contributed by atoms with E-state index >= 15 is 0 Å². The normalized spacial score (nSPS) is 11.9. The minimum Gasteiger partial charge on any atom is -0.354 e. The Morgan fingerprint density at radius 3 is 2.37 bits per heavy atom. The number of nitrogens with zero attached hydrogens (tertiary/aromatic N) is 1. The quantitative estimate of drug-likeness (QED) is 0.519. The van der Waals surface area contributed by atoms with Crippen LogP contribution < -0.4 is 5.32 Å². The monoisotopic (exact) mass is 446 g/mol. The predicted molar refractivity (Wildman–Crippen MR) is 127 cm³/mol. The molecule has 0 aliphatic carbocycles. The van der Waals surface area contributed by atoms with Gasteiger partial charge < -0.3 is 10.2 Å². The number of thioether (sulfide) groups is 1. The van der Waals surface area contributed by atoms with Crippen molar-refractivity contribution in [2.75, 3.05) is 12.3 Å². The largest absolute Gasteiger partial charge is 0.354 e. The Bertz CT molecular complexity index is 814. The lowest BCUT2D eigenvalue weighted by Gasteiger charge is -2.31. The van der Waals surface area contributed by atoms with Crippen LogP contribution in [-0.2, 0) is 21.9 Å². The van der Waals surface area contributed by atoms with Crippen molar-refractivity contribution in [2.45, 2.75) is 45.5 Å². The zero-order valence-electron chi connectivity index (χ0n) is 17.9. The van der Waals surface area contributed by atoms with Gasteiger partial charge in [0.2, 0.25) is 11.8 Å². The van der Waals surface area contributed by atoms with E-state index in [4.69, 9.17) is 11.6 Å². The third kappa shape index (κ3) is 7.69. The summed E-state index contributed by atoms with van der Waals surface area (Å²) < 4.78 is 0. The van der Waals surface area contributed by atoms with E-state index in [1.54, 1.807) is 4.90 Å². The molecule has 30 heavy (non-hydrogen) atoms. The second-order valence-electron chi connectivity index (χ2n) is 7.65. The predicted octanol–water partition coefficient (Wildman–Crippen LogP) is 5.15. The standard InChI is InChI=1S/C24H31ClN2O2S/c1-4-22(24(29)26-14-18(2)3)27(15-19-10-6-5-7-11-19)23(28)17-30-16-20-12-8-9-13-21(20)25/h5-13,18,22H,4,14-17H2,1-3H3,(H,26,29)/t22-/m0/s1. The first kappa shape index (κ1) is 24.3. The average molecular weight is 447 g/mol. The molecule has 0 aliphatic rings. The van der Waals surface area contributed by atoms with Crippen LogP contribution in [0.15, 0.2) is 54.6 Å². The van der Waals surface area contributed by atoms with Crippen molar-refractivity contribution in [2.24, 2.45) is 5.92 Å². The minimum absolute atomic E-state index is 0.0394. The first-order chi connectivity index (χ1) is 14.4. The van der Waals surface area contributed by atoms with Crippen LogP contribution in [0.1, 0.15) is 38.3 Å². The topological polar surface area (TPSA) is 49.4 Å². The zero-order valence-corrected chi connectivity index (χ0v) is 19.5. The number of rotatable bonds is 11. The fourth-order valence-electron chi connectivity index (χ4n) is 3.07. The van der Waals surface area contributed by atoms with Gasteiger partial charge >= 0.3 is 0 Å². The molecule has 6 heteroatoms. The Kier molecular flexibility index (Phi) is 10.2. The summed E-state index contributed by atoms with van der Waals surface area (Å²) >= 11 is 7.74. The molecule has 2 amide bonds. The fraction of sp³-hybridized carbons (Fsp3) is 0.417. The van der Waals surface area contributed by atoms with Crippen LogP contribution in [0.4, 0.5) is 0 Å². The van der Waals surface area contributed by atoms with Gasteiger partial charge in [-0.1, -0.05) is 80.9 Å². The average Bonchev–Trinajstić information content (AvgIpc) is 2.74. The van der Waals surface area contributed by atoms with E-state index in [1.807, 2.05) is 61.5 Å². The highest BCUT2D eigenvalue weighted by molar-refractivity contribution is 7.99. The molecular weight excluding hydrogens is 416 g/mol. The first-order valence-corrected chi connectivity index (χ1v) is 11.9. The van der Waals surface area contributed by atoms with Crippen molar-refractivity contribution in [1.82, 2.24) is 10.2 Å². The van der Waals surface area contributed by atoms with Gasteiger partial charge in [0, 0.05) is 23.9 Å². The summed E-state index contributed by atoms with van der Waals surface area (Å²) in [4.78, 5) is 27.7. The molecule has 2 rings (SSSR count). The van der Waals surface area contributed by atoms with E-state index in [2.05, 4.69) is 19.2 Å². The molecule has 0 bridgehead atoms. The SMILES string of the molecule is CC[C@@H](C(=O)NCC(C)C)N(Cc1ccccc1)C(=O)CSCc1ccccc1Cl. The Morgan fingerprint density at radius 1 is 1.07 bits per heavy atom. The van der Waals surface area contributed by atoms with E-state index in [-0.39, 0.29) is 11.8 Å². The van der Waals surface area contributed by atoms with Crippen molar-refractivity contribution in [3.63, 3.8) is 0 Å². The number of halogens is 1. The molecule has 0 radical (unpaired) electrons. The van der Waals surface area contributed by atoms with Crippen LogP contribution in [-0.4, -0.2) is 35.1 Å². The maximum absolute atomic E-state index is 13.2. The molecule has 0 spiro atoms. The van der Waals surface area contributed by atoms with Crippen molar-refractivity contribution >= 4 is 35.2 Å². The smallest absolute Gasteiger partial charge is 0.242 e. The second kappa shape index (κ2) is 12.7. The lowest BCUT2D eigenvalue weighted by molar-refractivity contribution is -0.139. The fourth-order valence-corrected chi connectivity index (χ4v) is 4.26. The van der Waals surface area contributed by atoms with Crippen LogP contribution in [0, 0.1) is 5.92 Å². The maximum Gasteiger partial charge on any atom is 0.242 e. The zero-order chi connectivity index (χ0) is 21.9. The molecule has 162 valence electrons. The molecule has 1 atom stereocenters. The third-order valence-corrected chi connectivity index (χ3v) is 6.04. The second-order valence-corrected chi connectivity index (χ2v) is 9.05. The molecule has 1 N–H and O–H groups in total. The molecule has 0 saturated heterocycles. The highest BCUT2D eigenvalue weighted by atomic mass is 35.5. The van der Waals surface area contributed by atoms with Crippen LogP contribution >= 0.6 is 23.4 Å². The van der Waals surface area contributed by atoms with Crippen molar-refractivity contribution in [3.05, 3.63) is 70.7 Å². The number of carbonyl (C=O) groups is 2. The molecule has 2 aromatic carbocycles. The first-order valence-electron chi connectivity index (χ1n) is 10.3. The molecule has 0 heterocycles. The number of carbonyl (C=O) groups excluding carboxylic acids is 2. The Morgan fingerprint density at radius 2 is 1.73 bits per heavy atom. The summed E-state index contributed by atoms with van der Waals surface area (Å²) in [7, 11) is 0. The van der Waals surface area contributed by atoms with E-state index in [0.29, 0.717) is 42.0 Å². The van der Waals surface area contributed by atoms with Crippen molar-refractivity contribution in [3.8, 4) is 0 Å². The molecule has 2 aromatic rings. The maximum atomic E-state index is 13.2. The minimum atomic E-state index is -0.489. The van der Waals surface area contributed by atoms with Gasteiger partial charge in [0.15, 0.2) is 0 Å². The Labute approximate surface area is 189 Å². The van der Waals surface area contributed by atoms with Gasteiger partial charge in [-0.3, -0.25) is 9.59 Å². The van der Waals surface area contributed by atoms with Crippen LogP contribution in [0.3, 0.4) is 0 Å². The summed E-state index contributed by atoms with van der Waals surface area (Å²) in [5, 5.41) is 3.69. The van der Waals surface area contributed by atoms with E-state index in [9.17, 15) is 9.59 Å². The molecular formula is C24H31ClN2O2S. The van der Waals surface area contributed by atoms with E-state index in [1.165, 1.54) is 11.8 Å². The molecule has 0 saturated carbocycles. The number of benzene rings is 2. The lowest BCUT2D eigenvalue weighted by Crippen LogP contribution is -2.50. The molecule has 0 aromatic heterocycles. The molecule has 4 nitrogen and oxygen atoms in total. The molecule has 0 fully saturated rings. The number of hydrogen-bond donors (Lipinski definition) is 1. The van der Waals surface area contributed by atoms with Crippen molar-refractivity contribution < 1.29 is 9.59 Å². The van der Waals surface area contributed by atoms with Gasteiger partial charge in [0.05, 0.1) is 5.75 Å². The number of nitrogens with one attached hydrogen (secondary N) is 1. The Hall–Kier alpha value is -1.98. The van der Waals surface area contributed by atoms with Crippen LogP contribution in [0.2, 0.25) is 5.02 Å².